The minimum Gasteiger partial charge on any atom is -0.497 e. The van der Waals surface area contributed by atoms with Crippen molar-refractivity contribution in [3.63, 3.8) is 0 Å². The molecule has 1 saturated heterocycles. The second-order valence-electron chi connectivity index (χ2n) is 6.63. The first-order valence-electron chi connectivity index (χ1n) is 8.90. The lowest BCUT2D eigenvalue weighted by atomic mass is 10.1. The van der Waals surface area contributed by atoms with Crippen LogP contribution in [0.4, 0.5) is 0 Å². The van der Waals surface area contributed by atoms with E-state index in [1.54, 1.807) is 31.3 Å². The summed E-state index contributed by atoms with van der Waals surface area (Å²) >= 11 is 0. The van der Waals surface area contributed by atoms with Gasteiger partial charge in [-0.1, -0.05) is 12.1 Å². The third-order valence-electron chi connectivity index (χ3n) is 4.77. The number of likely N-dealkylation sites (tertiary alicyclic amines) is 1. The molecule has 0 unspecified atom stereocenters. The highest BCUT2D eigenvalue weighted by Gasteiger charge is 2.22. The SMILES string of the molecule is COc1ccc(S(=O)(=O)N(C)Cc2ccc(C(=O)N3CCCC3)cc2)cc1. The van der Waals surface area contributed by atoms with Gasteiger partial charge in [-0.25, -0.2) is 8.42 Å². The molecule has 2 aromatic rings. The molecule has 1 heterocycles. The summed E-state index contributed by atoms with van der Waals surface area (Å²) in [6, 6.07) is 13.5. The van der Waals surface area contributed by atoms with Gasteiger partial charge in [-0.05, 0) is 54.8 Å². The Morgan fingerprint density at radius 1 is 1.04 bits per heavy atom. The summed E-state index contributed by atoms with van der Waals surface area (Å²) in [5, 5.41) is 0. The van der Waals surface area contributed by atoms with Gasteiger partial charge in [0.15, 0.2) is 0 Å². The molecule has 1 aliphatic rings. The van der Waals surface area contributed by atoms with Crippen LogP contribution >= 0.6 is 0 Å². The zero-order valence-electron chi connectivity index (χ0n) is 15.6. The van der Waals surface area contributed by atoms with Crippen molar-refractivity contribution in [1.29, 1.82) is 0 Å². The average Bonchev–Trinajstić information content (AvgIpc) is 3.23. The van der Waals surface area contributed by atoms with Crippen LogP contribution in [0.15, 0.2) is 53.4 Å². The van der Waals surface area contributed by atoms with Crippen LogP contribution in [0.2, 0.25) is 0 Å². The topological polar surface area (TPSA) is 66.9 Å². The van der Waals surface area contributed by atoms with Crippen LogP contribution in [0.25, 0.3) is 0 Å². The van der Waals surface area contributed by atoms with E-state index >= 15 is 0 Å². The lowest BCUT2D eigenvalue weighted by molar-refractivity contribution is 0.0793. The summed E-state index contributed by atoms with van der Waals surface area (Å²) in [6.45, 7) is 1.85. The molecule has 3 rings (SSSR count). The third kappa shape index (κ3) is 4.31. The predicted octanol–water partition coefficient (Wildman–Crippen LogP) is 2.75. The molecule has 0 spiro atoms. The smallest absolute Gasteiger partial charge is 0.253 e. The van der Waals surface area contributed by atoms with E-state index < -0.39 is 10.0 Å². The Morgan fingerprint density at radius 2 is 1.63 bits per heavy atom. The molecule has 1 fully saturated rings. The second-order valence-corrected chi connectivity index (χ2v) is 8.68. The molecule has 0 aromatic heterocycles. The maximum atomic E-state index is 12.7. The van der Waals surface area contributed by atoms with E-state index in [1.807, 2.05) is 17.0 Å². The van der Waals surface area contributed by atoms with Crippen molar-refractivity contribution in [3.8, 4) is 5.75 Å². The van der Waals surface area contributed by atoms with Crippen LogP contribution < -0.4 is 4.74 Å². The van der Waals surface area contributed by atoms with Gasteiger partial charge in [-0.2, -0.15) is 4.31 Å². The lowest BCUT2D eigenvalue weighted by Crippen LogP contribution is -2.28. The van der Waals surface area contributed by atoms with Crippen LogP contribution in [0.5, 0.6) is 5.75 Å². The molecule has 0 N–H and O–H groups in total. The van der Waals surface area contributed by atoms with Crippen molar-refractivity contribution >= 4 is 15.9 Å². The van der Waals surface area contributed by atoms with Gasteiger partial charge in [-0.15, -0.1) is 0 Å². The van der Waals surface area contributed by atoms with Crippen molar-refractivity contribution in [1.82, 2.24) is 9.21 Å². The van der Waals surface area contributed by atoms with Gasteiger partial charge in [0, 0.05) is 32.2 Å². The molecule has 0 radical (unpaired) electrons. The minimum absolute atomic E-state index is 0.0401. The number of sulfonamides is 1. The largest absolute Gasteiger partial charge is 0.497 e. The number of amides is 1. The van der Waals surface area contributed by atoms with Crippen molar-refractivity contribution in [2.75, 3.05) is 27.2 Å². The van der Waals surface area contributed by atoms with Crippen LogP contribution in [0.1, 0.15) is 28.8 Å². The van der Waals surface area contributed by atoms with E-state index in [0.717, 1.165) is 31.5 Å². The van der Waals surface area contributed by atoms with Gasteiger partial charge in [-0.3, -0.25) is 4.79 Å². The van der Waals surface area contributed by atoms with Gasteiger partial charge in [0.25, 0.3) is 5.91 Å². The van der Waals surface area contributed by atoms with E-state index in [-0.39, 0.29) is 17.3 Å². The maximum Gasteiger partial charge on any atom is 0.253 e. The van der Waals surface area contributed by atoms with Crippen LogP contribution in [-0.2, 0) is 16.6 Å². The summed E-state index contributed by atoms with van der Waals surface area (Å²) in [5.74, 6) is 0.646. The summed E-state index contributed by atoms with van der Waals surface area (Å²) in [5.41, 5.74) is 1.47. The zero-order chi connectivity index (χ0) is 19.4. The highest BCUT2D eigenvalue weighted by atomic mass is 32.2. The minimum atomic E-state index is -3.60. The molecular weight excluding hydrogens is 364 g/mol. The first kappa shape index (κ1) is 19.4. The standard InChI is InChI=1S/C20H24N2O4S/c1-21(27(24,25)19-11-9-18(26-2)10-12-19)15-16-5-7-17(8-6-16)20(23)22-13-3-4-14-22/h5-12H,3-4,13-15H2,1-2H3. The second kappa shape index (κ2) is 8.10. The molecule has 0 atom stereocenters. The number of hydrogen-bond donors (Lipinski definition) is 0. The number of hydrogen-bond acceptors (Lipinski definition) is 4. The molecule has 1 aliphatic heterocycles. The fourth-order valence-electron chi connectivity index (χ4n) is 3.13. The lowest BCUT2D eigenvalue weighted by Gasteiger charge is -2.18. The summed E-state index contributed by atoms with van der Waals surface area (Å²) < 4.78 is 31.8. The normalized spacial score (nSPS) is 14.6. The van der Waals surface area contributed by atoms with Gasteiger partial charge in [0.05, 0.1) is 12.0 Å². The molecule has 6 nitrogen and oxygen atoms in total. The molecule has 2 aromatic carbocycles. The van der Waals surface area contributed by atoms with Crippen molar-refractivity contribution in [3.05, 3.63) is 59.7 Å². The zero-order valence-corrected chi connectivity index (χ0v) is 16.4. The average molecular weight is 388 g/mol. The number of benzene rings is 2. The number of nitrogens with zero attached hydrogens (tertiary/aromatic N) is 2. The molecular formula is C20H24N2O4S. The Balaban J connectivity index is 1.69. The number of ether oxygens (including phenoxy) is 1. The molecule has 0 aliphatic carbocycles. The molecule has 7 heteroatoms. The first-order chi connectivity index (χ1) is 12.9. The van der Waals surface area contributed by atoms with E-state index in [4.69, 9.17) is 4.74 Å². The van der Waals surface area contributed by atoms with Gasteiger partial charge in [0.1, 0.15) is 5.75 Å². The molecule has 1 amide bonds. The van der Waals surface area contributed by atoms with Crippen LogP contribution in [0, 0.1) is 0 Å². The number of carbonyl (C=O) groups is 1. The van der Waals surface area contributed by atoms with Gasteiger partial charge >= 0.3 is 0 Å². The van der Waals surface area contributed by atoms with Gasteiger partial charge in [0.2, 0.25) is 10.0 Å². The fraction of sp³-hybridized carbons (Fsp3) is 0.350. The van der Waals surface area contributed by atoms with E-state index in [1.165, 1.54) is 23.5 Å². The van der Waals surface area contributed by atoms with Crippen LogP contribution in [-0.4, -0.2) is 50.8 Å². The molecule has 0 saturated carbocycles. The molecule has 144 valence electrons. The number of methoxy groups -OCH3 is 1. The number of rotatable bonds is 6. The Kier molecular flexibility index (Phi) is 5.82. The Morgan fingerprint density at radius 3 is 2.19 bits per heavy atom. The first-order valence-corrected chi connectivity index (χ1v) is 10.3. The molecule has 27 heavy (non-hydrogen) atoms. The van der Waals surface area contributed by atoms with Crippen molar-refractivity contribution in [2.45, 2.75) is 24.3 Å². The Hall–Kier alpha value is -2.38. The quantitative estimate of drug-likeness (QED) is 0.763. The Bertz CT molecular complexity index is 887. The van der Waals surface area contributed by atoms with E-state index in [2.05, 4.69) is 0 Å². The van der Waals surface area contributed by atoms with E-state index in [9.17, 15) is 13.2 Å². The van der Waals surface area contributed by atoms with Gasteiger partial charge < -0.3 is 9.64 Å². The maximum absolute atomic E-state index is 12.7. The summed E-state index contributed by atoms with van der Waals surface area (Å²) in [6.07, 6.45) is 2.11. The summed E-state index contributed by atoms with van der Waals surface area (Å²) in [7, 11) is -0.519. The fourth-order valence-corrected chi connectivity index (χ4v) is 4.28. The Labute approximate surface area is 160 Å². The van der Waals surface area contributed by atoms with E-state index in [0.29, 0.717) is 11.3 Å². The highest BCUT2D eigenvalue weighted by molar-refractivity contribution is 7.89. The van der Waals surface area contributed by atoms with Crippen molar-refractivity contribution < 1.29 is 17.9 Å². The highest BCUT2D eigenvalue weighted by Crippen LogP contribution is 2.20. The molecule has 0 bridgehead atoms. The predicted molar refractivity (Wildman–Crippen MR) is 103 cm³/mol. The van der Waals surface area contributed by atoms with Crippen molar-refractivity contribution in [2.24, 2.45) is 0 Å². The number of carbonyl (C=O) groups excluding carboxylic acids is 1. The summed E-state index contributed by atoms with van der Waals surface area (Å²) in [4.78, 5) is 14.5. The third-order valence-corrected chi connectivity index (χ3v) is 6.58. The monoisotopic (exact) mass is 388 g/mol. The van der Waals surface area contributed by atoms with Crippen LogP contribution in [0.3, 0.4) is 0 Å².